The van der Waals surface area contributed by atoms with Gasteiger partial charge in [-0.1, -0.05) is 13.8 Å². The summed E-state index contributed by atoms with van der Waals surface area (Å²) in [6.45, 7) is 7.04. The molecule has 2 rings (SSSR count). The normalized spacial score (nSPS) is 19.8. The molecule has 2 N–H and O–H groups in total. The second-order valence-electron chi connectivity index (χ2n) is 5.36. The predicted molar refractivity (Wildman–Crippen MR) is 78.8 cm³/mol. The maximum absolute atomic E-state index is 5.78. The van der Waals surface area contributed by atoms with Crippen LogP contribution >= 0.6 is 22.6 Å². The Bertz CT molecular complexity index is 378. The van der Waals surface area contributed by atoms with Crippen LogP contribution < -0.4 is 10.6 Å². The molecule has 1 heterocycles. The molecule has 16 heavy (non-hydrogen) atoms. The summed E-state index contributed by atoms with van der Waals surface area (Å²) in [5, 5.41) is 0. The second kappa shape index (κ2) is 4.43. The van der Waals surface area contributed by atoms with Crippen LogP contribution in [0.5, 0.6) is 0 Å². The van der Waals surface area contributed by atoms with Gasteiger partial charge in [0.25, 0.3) is 0 Å². The van der Waals surface area contributed by atoms with Gasteiger partial charge in [0.05, 0.1) is 5.69 Å². The highest BCUT2D eigenvalue weighted by Gasteiger charge is 2.26. The first-order valence-corrected chi connectivity index (χ1v) is 6.86. The molecule has 0 bridgehead atoms. The number of benzene rings is 1. The Kier molecular flexibility index (Phi) is 3.33. The fourth-order valence-corrected chi connectivity index (χ4v) is 3.01. The van der Waals surface area contributed by atoms with Crippen LogP contribution in [0.4, 0.5) is 11.4 Å². The highest BCUT2D eigenvalue weighted by atomic mass is 127. The third-order valence-corrected chi connectivity index (χ3v) is 4.29. The quantitative estimate of drug-likeness (QED) is 0.631. The van der Waals surface area contributed by atoms with E-state index in [1.807, 2.05) is 6.07 Å². The van der Waals surface area contributed by atoms with E-state index in [4.69, 9.17) is 5.73 Å². The van der Waals surface area contributed by atoms with Crippen molar-refractivity contribution in [3.8, 4) is 0 Å². The number of nitrogen functional groups attached to an aromatic ring is 1. The van der Waals surface area contributed by atoms with Gasteiger partial charge in [-0.15, -0.1) is 0 Å². The lowest BCUT2D eigenvalue weighted by Crippen LogP contribution is -2.37. The van der Waals surface area contributed by atoms with Crippen molar-refractivity contribution in [2.45, 2.75) is 26.7 Å². The summed E-state index contributed by atoms with van der Waals surface area (Å²) in [5.41, 5.74) is 8.48. The van der Waals surface area contributed by atoms with E-state index < -0.39 is 0 Å². The van der Waals surface area contributed by atoms with Crippen LogP contribution in [0.15, 0.2) is 18.2 Å². The Labute approximate surface area is 111 Å². The molecular formula is C13H19IN2. The highest BCUT2D eigenvalue weighted by molar-refractivity contribution is 14.1. The molecule has 0 radical (unpaired) electrons. The van der Waals surface area contributed by atoms with Crippen LogP contribution in [-0.2, 0) is 0 Å². The first-order valence-electron chi connectivity index (χ1n) is 5.78. The Morgan fingerprint density at radius 3 is 2.44 bits per heavy atom. The van der Waals surface area contributed by atoms with E-state index >= 15 is 0 Å². The molecule has 0 aromatic heterocycles. The van der Waals surface area contributed by atoms with Gasteiger partial charge in [-0.25, -0.2) is 0 Å². The molecule has 3 heteroatoms. The Hall–Kier alpha value is -0.450. The largest absolute Gasteiger partial charge is 0.399 e. The summed E-state index contributed by atoms with van der Waals surface area (Å²) in [7, 11) is 0. The minimum atomic E-state index is 0.510. The van der Waals surface area contributed by atoms with Gasteiger partial charge in [0.15, 0.2) is 0 Å². The maximum atomic E-state index is 5.78. The standard InChI is InChI=1S/C13H19IN2/c1-13(2)5-7-16(8-6-13)12-4-3-10(15)9-11(12)14/h3-4,9H,5-8,15H2,1-2H3. The van der Waals surface area contributed by atoms with E-state index in [1.165, 1.54) is 22.1 Å². The molecule has 2 nitrogen and oxygen atoms in total. The zero-order valence-electron chi connectivity index (χ0n) is 9.96. The number of rotatable bonds is 1. The number of hydrogen-bond acceptors (Lipinski definition) is 2. The zero-order chi connectivity index (χ0) is 11.8. The van der Waals surface area contributed by atoms with E-state index in [0.29, 0.717) is 5.41 Å². The van der Waals surface area contributed by atoms with Gasteiger partial charge >= 0.3 is 0 Å². The topological polar surface area (TPSA) is 29.3 Å². The molecule has 1 aromatic carbocycles. The molecule has 1 saturated heterocycles. The van der Waals surface area contributed by atoms with E-state index in [0.717, 1.165) is 18.8 Å². The molecule has 1 fully saturated rings. The smallest absolute Gasteiger partial charge is 0.0503 e. The van der Waals surface area contributed by atoms with Gasteiger partial charge in [0.2, 0.25) is 0 Å². The van der Waals surface area contributed by atoms with Gasteiger partial charge < -0.3 is 10.6 Å². The van der Waals surface area contributed by atoms with Crippen molar-refractivity contribution >= 4 is 34.0 Å². The van der Waals surface area contributed by atoms with Crippen molar-refractivity contribution in [3.63, 3.8) is 0 Å². The average molecular weight is 330 g/mol. The van der Waals surface area contributed by atoms with E-state index in [-0.39, 0.29) is 0 Å². The lowest BCUT2D eigenvalue weighted by molar-refractivity contribution is 0.279. The minimum Gasteiger partial charge on any atom is -0.399 e. The second-order valence-corrected chi connectivity index (χ2v) is 6.52. The molecule has 0 atom stereocenters. The van der Waals surface area contributed by atoms with Crippen LogP contribution in [0.2, 0.25) is 0 Å². The fraction of sp³-hybridized carbons (Fsp3) is 0.538. The monoisotopic (exact) mass is 330 g/mol. The van der Waals surface area contributed by atoms with Gasteiger partial charge in [-0.2, -0.15) is 0 Å². The van der Waals surface area contributed by atoms with Crippen molar-refractivity contribution < 1.29 is 0 Å². The summed E-state index contributed by atoms with van der Waals surface area (Å²) in [5.74, 6) is 0. The molecule has 1 aromatic rings. The SMILES string of the molecule is CC1(C)CCN(c2ccc(N)cc2I)CC1. The lowest BCUT2D eigenvalue weighted by atomic mass is 9.82. The third kappa shape index (κ3) is 2.62. The lowest BCUT2D eigenvalue weighted by Gasteiger charge is -2.38. The third-order valence-electron chi connectivity index (χ3n) is 3.43. The molecule has 1 aliphatic rings. The van der Waals surface area contributed by atoms with E-state index in [9.17, 15) is 0 Å². The predicted octanol–water partition coefficient (Wildman–Crippen LogP) is 3.50. The van der Waals surface area contributed by atoms with Crippen LogP contribution in [0, 0.1) is 8.99 Å². The summed E-state index contributed by atoms with van der Waals surface area (Å²) >= 11 is 2.38. The Morgan fingerprint density at radius 1 is 1.25 bits per heavy atom. The fourth-order valence-electron chi connectivity index (χ4n) is 2.13. The number of halogens is 1. The Balaban J connectivity index is 2.14. The van der Waals surface area contributed by atoms with Crippen molar-refractivity contribution in [1.82, 2.24) is 0 Å². The van der Waals surface area contributed by atoms with E-state index in [2.05, 4.69) is 53.5 Å². The van der Waals surface area contributed by atoms with Crippen molar-refractivity contribution in [3.05, 3.63) is 21.8 Å². The van der Waals surface area contributed by atoms with Crippen LogP contribution in [0.25, 0.3) is 0 Å². The maximum Gasteiger partial charge on any atom is 0.0503 e. The average Bonchev–Trinajstić information content (AvgIpc) is 2.19. The summed E-state index contributed by atoms with van der Waals surface area (Å²) in [6, 6.07) is 6.20. The molecule has 0 spiro atoms. The Morgan fingerprint density at radius 2 is 1.88 bits per heavy atom. The van der Waals surface area contributed by atoms with Crippen LogP contribution in [-0.4, -0.2) is 13.1 Å². The van der Waals surface area contributed by atoms with Gasteiger partial charge in [-0.05, 0) is 59.0 Å². The molecule has 0 unspecified atom stereocenters. The minimum absolute atomic E-state index is 0.510. The van der Waals surface area contributed by atoms with Crippen molar-refractivity contribution in [2.24, 2.45) is 5.41 Å². The number of nitrogens with zero attached hydrogens (tertiary/aromatic N) is 1. The first kappa shape index (κ1) is 12.0. The molecular weight excluding hydrogens is 311 g/mol. The van der Waals surface area contributed by atoms with Gasteiger partial charge in [0.1, 0.15) is 0 Å². The summed E-state index contributed by atoms with van der Waals surface area (Å²) in [4.78, 5) is 2.48. The number of anilines is 2. The molecule has 0 amide bonds. The molecule has 1 aliphatic heterocycles. The van der Waals surface area contributed by atoms with Crippen LogP contribution in [0.3, 0.4) is 0 Å². The summed E-state index contributed by atoms with van der Waals surface area (Å²) < 4.78 is 1.26. The highest BCUT2D eigenvalue weighted by Crippen LogP contribution is 2.34. The number of hydrogen-bond donors (Lipinski definition) is 1. The number of piperidine rings is 1. The summed E-state index contributed by atoms with van der Waals surface area (Å²) in [6.07, 6.45) is 2.54. The molecule has 0 aliphatic carbocycles. The van der Waals surface area contributed by atoms with Crippen LogP contribution in [0.1, 0.15) is 26.7 Å². The van der Waals surface area contributed by atoms with Crippen molar-refractivity contribution in [2.75, 3.05) is 23.7 Å². The first-order chi connectivity index (χ1) is 7.48. The van der Waals surface area contributed by atoms with E-state index in [1.54, 1.807) is 0 Å². The van der Waals surface area contributed by atoms with Gasteiger partial charge in [-0.3, -0.25) is 0 Å². The van der Waals surface area contributed by atoms with Gasteiger partial charge in [0, 0.05) is 22.3 Å². The molecule has 0 saturated carbocycles. The zero-order valence-corrected chi connectivity index (χ0v) is 12.1. The molecule has 88 valence electrons. The van der Waals surface area contributed by atoms with Crippen molar-refractivity contribution in [1.29, 1.82) is 0 Å². The number of nitrogens with two attached hydrogens (primary N) is 1.